The molecule has 1 aromatic rings. The Balaban J connectivity index is 3.08. The number of nitrogens with zero attached hydrogens (tertiary/aromatic N) is 1. The molecule has 21 heavy (non-hydrogen) atoms. The Morgan fingerprint density at radius 2 is 2.00 bits per heavy atom. The molecule has 0 aliphatic heterocycles. The molecule has 0 aliphatic rings. The SMILES string of the molecule is CC(CS(C)=O)NC(=O)c1cc(S(N)(=O)=O)cn1C(C)C. The maximum Gasteiger partial charge on any atom is 0.268 e. The van der Waals surface area contributed by atoms with E-state index in [2.05, 4.69) is 5.32 Å². The van der Waals surface area contributed by atoms with E-state index in [9.17, 15) is 17.4 Å². The highest BCUT2D eigenvalue weighted by Crippen LogP contribution is 2.18. The van der Waals surface area contributed by atoms with Crippen molar-refractivity contribution >= 4 is 26.7 Å². The lowest BCUT2D eigenvalue weighted by atomic mass is 10.3. The first kappa shape index (κ1) is 17.9. The summed E-state index contributed by atoms with van der Waals surface area (Å²) in [4.78, 5) is 12.1. The zero-order valence-corrected chi connectivity index (χ0v) is 14.1. The van der Waals surface area contributed by atoms with Gasteiger partial charge in [-0.05, 0) is 26.8 Å². The molecule has 1 aromatic heterocycles. The average molecular weight is 335 g/mol. The number of nitrogens with one attached hydrogen (secondary N) is 1. The van der Waals surface area contributed by atoms with Crippen molar-refractivity contribution in [3.05, 3.63) is 18.0 Å². The van der Waals surface area contributed by atoms with E-state index >= 15 is 0 Å². The lowest BCUT2D eigenvalue weighted by molar-refractivity contribution is 0.0933. The lowest BCUT2D eigenvalue weighted by Gasteiger charge is -2.15. The van der Waals surface area contributed by atoms with E-state index < -0.39 is 26.7 Å². The van der Waals surface area contributed by atoms with Gasteiger partial charge in [0, 0.05) is 41.1 Å². The smallest absolute Gasteiger partial charge is 0.268 e. The van der Waals surface area contributed by atoms with E-state index in [1.165, 1.54) is 12.3 Å². The number of primary sulfonamides is 1. The summed E-state index contributed by atoms with van der Waals surface area (Å²) in [6, 6.07) is 0.869. The molecular formula is C12H21N3O4S2. The lowest BCUT2D eigenvalue weighted by Crippen LogP contribution is -2.37. The van der Waals surface area contributed by atoms with E-state index in [0.717, 1.165) is 0 Å². The Labute approximate surface area is 127 Å². The first-order valence-electron chi connectivity index (χ1n) is 6.38. The first-order valence-corrected chi connectivity index (χ1v) is 9.65. The summed E-state index contributed by atoms with van der Waals surface area (Å²) in [5.74, 6) is -0.0903. The Hall–Kier alpha value is -1.19. The second kappa shape index (κ2) is 6.71. The van der Waals surface area contributed by atoms with Gasteiger partial charge >= 0.3 is 0 Å². The molecule has 0 aliphatic carbocycles. The number of rotatable bonds is 6. The Morgan fingerprint density at radius 3 is 2.43 bits per heavy atom. The minimum absolute atomic E-state index is 0.100. The second-order valence-electron chi connectivity index (χ2n) is 5.22. The number of sulfonamides is 1. The zero-order chi connectivity index (χ0) is 16.4. The summed E-state index contributed by atoms with van der Waals surface area (Å²) in [6.07, 6.45) is 2.90. The summed E-state index contributed by atoms with van der Waals surface area (Å²) in [5, 5.41) is 7.79. The van der Waals surface area contributed by atoms with Gasteiger partial charge in [-0.1, -0.05) is 0 Å². The maximum absolute atomic E-state index is 12.2. The van der Waals surface area contributed by atoms with Gasteiger partial charge in [0.2, 0.25) is 10.0 Å². The molecule has 0 bridgehead atoms. The van der Waals surface area contributed by atoms with Crippen molar-refractivity contribution in [2.24, 2.45) is 5.14 Å². The van der Waals surface area contributed by atoms with E-state index in [1.54, 1.807) is 17.7 Å². The Morgan fingerprint density at radius 1 is 1.43 bits per heavy atom. The highest BCUT2D eigenvalue weighted by atomic mass is 32.2. The quantitative estimate of drug-likeness (QED) is 0.774. The average Bonchev–Trinajstić information content (AvgIpc) is 2.71. The van der Waals surface area contributed by atoms with E-state index in [1.807, 2.05) is 13.8 Å². The molecule has 7 nitrogen and oxygen atoms in total. The highest BCUT2D eigenvalue weighted by molar-refractivity contribution is 7.89. The van der Waals surface area contributed by atoms with Gasteiger partial charge in [-0.3, -0.25) is 9.00 Å². The summed E-state index contributed by atoms with van der Waals surface area (Å²) in [5.41, 5.74) is 0.211. The molecule has 1 heterocycles. The van der Waals surface area contributed by atoms with Gasteiger partial charge in [-0.2, -0.15) is 0 Å². The molecule has 120 valence electrons. The fourth-order valence-corrected chi connectivity index (χ4v) is 3.23. The fourth-order valence-electron chi connectivity index (χ4n) is 1.91. The Bertz CT molecular complexity index is 649. The fraction of sp³-hybridized carbons (Fsp3) is 0.583. The monoisotopic (exact) mass is 335 g/mol. The molecule has 2 unspecified atom stereocenters. The highest BCUT2D eigenvalue weighted by Gasteiger charge is 2.21. The third-order valence-electron chi connectivity index (χ3n) is 2.80. The maximum atomic E-state index is 12.2. The molecule has 0 fully saturated rings. The van der Waals surface area contributed by atoms with Crippen molar-refractivity contribution in [3.63, 3.8) is 0 Å². The zero-order valence-electron chi connectivity index (χ0n) is 12.5. The normalized spacial score (nSPS) is 15.0. The van der Waals surface area contributed by atoms with E-state index in [4.69, 9.17) is 5.14 Å². The van der Waals surface area contributed by atoms with Crippen LogP contribution in [0.2, 0.25) is 0 Å². The number of carbonyl (C=O) groups is 1. The number of hydrogen-bond donors (Lipinski definition) is 2. The van der Waals surface area contributed by atoms with Crippen LogP contribution in [0.25, 0.3) is 0 Å². The third-order valence-corrected chi connectivity index (χ3v) is 4.65. The van der Waals surface area contributed by atoms with Crippen LogP contribution in [-0.2, 0) is 20.8 Å². The van der Waals surface area contributed by atoms with Crippen molar-refractivity contribution in [1.82, 2.24) is 9.88 Å². The second-order valence-corrected chi connectivity index (χ2v) is 8.26. The molecule has 1 rings (SSSR count). The molecule has 3 N–H and O–H groups in total. The minimum Gasteiger partial charge on any atom is -0.347 e. The van der Waals surface area contributed by atoms with Gasteiger partial charge in [-0.15, -0.1) is 0 Å². The molecule has 0 saturated carbocycles. The van der Waals surface area contributed by atoms with Crippen LogP contribution in [0.1, 0.15) is 37.3 Å². The Kier molecular flexibility index (Phi) is 5.71. The van der Waals surface area contributed by atoms with Gasteiger partial charge in [0.15, 0.2) is 0 Å². The third kappa shape index (κ3) is 4.94. The number of hydrogen-bond acceptors (Lipinski definition) is 4. The molecule has 0 radical (unpaired) electrons. The van der Waals surface area contributed by atoms with Crippen LogP contribution in [0.5, 0.6) is 0 Å². The molecule has 0 aromatic carbocycles. The van der Waals surface area contributed by atoms with Crippen LogP contribution in [0.4, 0.5) is 0 Å². The summed E-state index contributed by atoms with van der Waals surface area (Å²) in [7, 11) is -4.90. The minimum atomic E-state index is -3.87. The van der Waals surface area contributed by atoms with E-state index in [-0.39, 0.29) is 22.7 Å². The molecule has 1 amide bonds. The summed E-state index contributed by atoms with van der Waals surface area (Å²) < 4.78 is 35.5. The molecular weight excluding hydrogens is 314 g/mol. The van der Waals surface area contributed by atoms with Gasteiger partial charge < -0.3 is 9.88 Å². The van der Waals surface area contributed by atoms with Gasteiger partial charge in [0.1, 0.15) is 10.6 Å². The molecule has 0 saturated heterocycles. The number of nitrogens with two attached hydrogens (primary N) is 1. The molecule has 9 heteroatoms. The van der Waals surface area contributed by atoms with Crippen LogP contribution < -0.4 is 10.5 Å². The van der Waals surface area contributed by atoms with Crippen LogP contribution in [0, 0.1) is 0 Å². The van der Waals surface area contributed by atoms with Crippen LogP contribution in [0.3, 0.4) is 0 Å². The van der Waals surface area contributed by atoms with Crippen LogP contribution >= 0.6 is 0 Å². The van der Waals surface area contributed by atoms with Crippen molar-refractivity contribution in [3.8, 4) is 0 Å². The summed E-state index contributed by atoms with van der Waals surface area (Å²) >= 11 is 0. The first-order chi connectivity index (χ1) is 9.52. The number of carbonyl (C=O) groups excluding carboxylic acids is 1. The number of aromatic nitrogens is 1. The van der Waals surface area contributed by atoms with Crippen molar-refractivity contribution in [1.29, 1.82) is 0 Å². The molecule has 2 atom stereocenters. The largest absolute Gasteiger partial charge is 0.347 e. The predicted octanol–water partition coefficient (Wildman–Crippen LogP) is 0.213. The van der Waals surface area contributed by atoms with Crippen molar-refractivity contribution < 1.29 is 17.4 Å². The number of amides is 1. The van der Waals surface area contributed by atoms with Gasteiger partial charge in [0.25, 0.3) is 5.91 Å². The summed E-state index contributed by atoms with van der Waals surface area (Å²) in [6.45, 7) is 5.39. The van der Waals surface area contributed by atoms with Crippen molar-refractivity contribution in [2.75, 3.05) is 12.0 Å². The van der Waals surface area contributed by atoms with Crippen LogP contribution in [-0.4, -0.2) is 41.2 Å². The topological polar surface area (TPSA) is 111 Å². The van der Waals surface area contributed by atoms with Crippen molar-refractivity contribution in [2.45, 2.75) is 37.8 Å². The van der Waals surface area contributed by atoms with Crippen LogP contribution in [0.15, 0.2) is 17.2 Å². The predicted molar refractivity (Wildman–Crippen MR) is 82.1 cm³/mol. The van der Waals surface area contributed by atoms with Gasteiger partial charge in [-0.25, -0.2) is 13.6 Å². The molecule has 0 spiro atoms. The van der Waals surface area contributed by atoms with Gasteiger partial charge in [0.05, 0.1) is 0 Å². The van der Waals surface area contributed by atoms with E-state index in [0.29, 0.717) is 5.75 Å². The standard InChI is InChI=1S/C12H21N3O4S2/c1-8(2)15-6-10(21(13,18)19)5-11(15)12(16)14-9(3)7-20(4)17/h5-6,8-9H,7H2,1-4H3,(H,14,16)(H2,13,18,19).